The average molecular weight is 510 g/mol. The van der Waals surface area contributed by atoms with Gasteiger partial charge in [-0.05, 0) is 36.2 Å². The summed E-state index contributed by atoms with van der Waals surface area (Å²) in [6.45, 7) is 8.78. The topological polar surface area (TPSA) is 55.8 Å². The molecule has 1 unspecified atom stereocenters. The van der Waals surface area contributed by atoms with Gasteiger partial charge in [-0.2, -0.15) is 0 Å². The molecule has 0 aliphatic carbocycles. The Morgan fingerprint density at radius 3 is 1.63 bits per heavy atom. The molecule has 1 aliphatic rings. The third-order valence-electron chi connectivity index (χ3n) is 7.49. The monoisotopic (exact) mass is 509 g/mol. The van der Waals surface area contributed by atoms with E-state index in [1.807, 2.05) is 97.9 Å². The van der Waals surface area contributed by atoms with Crippen LogP contribution in [0.3, 0.4) is 0 Å². The highest BCUT2D eigenvalue weighted by Crippen LogP contribution is 2.54. The number of benzene rings is 3. The van der Waals surface area contributed by atoms with E-state index in [1.54, 1.807) is 24.3 Å². The first-order valence-electron chi connectivity index (χ1n) is 13.0. The normalized spacial score (nSPS) is 18.6. The van der Waals surface area contributed by atoms with Crippen LogP contribution >= 0.6 is 0 Å². The van der Waals surface area contributed by atoms with Crippen LogP contribution in [0.2, 0.25) is 0 Å². The van der Waals surface area contributed by atoms with Gasteiger partial charge in [0.1, 0.15) is 11.5 Å². The Labute approximate surface area is 225 Å². The van der Waals surface area contributed by atoms with E-state index >= 15 is 0 Å². The van der Waals surface area contributed by atoms with Crippen molar-refractivity contribution in [3.63, 3.8) is 0 Å². The number of esters is 2. The molecule has 0 saturated carbocycles. The Hall–Kier alpha value is -4.12. The van der Waals surface area contributed by atoms with E-state index in [2.05, 4.69) is 13.8 Å². The summed E-state index contributed by atoms with van der Waals surface area (Å²) in [5.41, 5.74) is 0.679. The molecule has 0 N–H and O–H groups in total. The van der Waals surface area contributed by atoms with E-state index in [0.717, 1.165) is 12.0 Å². The van der Waals surface area contributed by atoms with Gasteiger partial charge in [-0.15, -0.1) is 0 Å². The Kier molecular flexibility index (Phi) is 8.16. The minimum absolute atomic E-state index is 0.417. The van der Waals surface area contributed by atoms with Crippen LogP contribution in [0.25, 0.3) is 0 Å². The van der Waals surface area contributed by atoms with Gasteiger partial charge in [0.05, 0.1) is 11.1 Å². The summed E-state index contributed by atoms with van der Waals surface area (Å²) >= 11 is 0. The van der Waals surface area contributed by atoms with Crippen LogP contribution in [-0.4, -0.2) is 16.8 Å². The molecule has 38 heavy (non-hydrogen) atoms. The molecule has 1 heterocycles. The lowest BCUT2D eigenvalue weighted by molar-refractivity contribution is 0.0144. The number of carbonyl (C=O) groups is 2. The van der Waals surface area contributed by atoms with E-state index in [9.17, 15) is 9.59 Å². The Balaban J connectivity index is 1.78. The van der Waals surface area contributed by atoms with Gasteiger partial charge in [-0.1, -0.05) is 101 Å². The van der Waals surface area contributed by atoms with E-state index in [-0.39, 0.29) is 0 Å². The molecular weight excluding hydrogens is 474 g/mol. The first-order chi connectivity index (χ1) is 18.2. The Morgan fingerprint density at radius 1 is 0.684 bits per heavy atom. The molecule has 0 saturated heterocycles. The van der Waals surface area contributed by atoms with Gasteiger partial charge in [0.25, 0.3) is 0 Å². The fourth-order valence-electron chi connectivity index (χ4n) is 4.80. The van der Waals surface area contributed by atoms with Gasteiger partial charge in [-0.3, -0.25) is 0 Å². The highest BCUT2D eigenvalue weighted by atomic mass is 16.5. The first kappa shape index (κ1) is 26.9. The molecule has 0 aromatic heterocycles. The molecule has 5 heteroatoms. The van der Waals surface area contributed by atoms with Gasteiger partial charge in [0.2, 0.25) is 0 Å². The third-order valence-corrected chi connectivity index (χ3v) is 7.49. The lowest BCUT2D eigenvalue weighted by Gasteiger charge is -2.44. The highest BCUT2D eigenvalue weighted by molar-refractivity contribution is 5.90. The second-order valence-electron chi connectivity index (χ2n) is 10.4. The first-order valence-corrected chi connectivity index (χ1v) is 13.0. The summed E-state index contributed by atoms with van der Waals surface area (Å²) in [7, 11) is 0. The second-order valence-corrected chi connectivity index (χ2v) is 10.4. The van der Waals surface area contributed by atoms with Crippen LogP contribution in [0.1, 0.15) is 66.8 Å². The predicted octanol–water partition coefficient (Wildman–Crippen LogP) is 7.73. The van der Waals surface area contributed by atoms with Crippen LogP contribution in [-0.2, 0) is 16.0 Å². The van der Waals surface area contributed by atoms with Crippen molar-refractivity contribution in [1.29, 1.82) is 0 Å². The standard InChI is InChI=1S/C33H35NO4/c1-5-21-33(4)29(38-31(36)27-19-13-8-14-20-27)24-34(22-25-15-9-6-10-16-25)23-28(32(33,2)3)37-30(35)26-17-11-7-12-18-26/h6-20,23-24H,5,21-22H2,1-4H3. The van der Waals surface area contributed by atoms with Crippen LogP contribution < -0.4 is 0 Å². The fraction of sp³-hybridized carbons (Fsp3) is 0.273. The molecule has 0 fully saturated rings. The Morgan fingerprint density at radius 2 is 1.13 bits per heavy atom. The van der Waals surface area contributed by atoms with Crippen LogP contribution in [0.4, 0.5) is 0 Å². The number of hydrogen-bond donors (Lipinski definition) is 0. The van der Waals surface area contributed by atoms with Crippen molar-refractivity contribution in [2.24, 2.45) is 10.8 Å². The van der Waals surface area contributed by atoms with Crippen LogP contribution in [0.5, 0.6) is 0 Å². The summed E-state index contributed by atoms with van der Waals surface area (Å²) in [6.07, 6.45) is 5.31. The van der Waals surface area contributed by atoms with Gasteiger partial charge in [0.15, 0.2) is 0 Å². The van der Waals surface area contributed by atoms with Gasteiger partial charge in [-0.25, -0.2) is 9.59 Å². The van der Waals surface area contributed by atoms with E-state index in [4.69, 9.17) is 9.47 Å². The molecule has 0 spiro atoms. The zero-order valence-electron chi connectivity index (χ0n) is 22.5. The summed E-state index contributed by atoms with van der Waals surface area (Å²) in [4.78, 5) is 28.4. The van der Waals surface area contributed by atoms with E-state index in [1.165, 1.54) is 0 Å². The minimum Gasteiger partial charge on any atom is -0.425 e. The van der Waals surface area contributed by atoms with Crippen molar-refractivity contribution in [2.75, 3.05) is 0 Å². The van der Waals surface area contributed by atoms with E-state index < -0.39 is 22.8 Å². The molecule has 1 aliphatic heterocycles. The molecule has 3 aromatic carbocycles. The van der Waals surface area contributed by atoms with Crippen molar-refractivity contribution in [3.05, 3.63) is 132 Å². The average Bonchev–Trinajstić information content (AvgIpc) is 2.99. The molecule has 5 nitrogen and oxygen atoms in total. The maximum atomic E-state index is 13.3. The molecule has 4 rings (SSSR count). The second kappa shape index (κ2) is 11.5. The predicted molar refractivity (Wildman–Crippen MR) is 149 cm³/mol. The summed E-state index contributed by atoms with van der Waals surface area (Å²) in [5.74, 6) is 0.212. The van der Waals surface area contributed by atoms with Gasteiger partial charge in [0, 0.05) is 29.8 Å². The third kappa shape index (κ3) is 5.72. The van der Waals surface area contributed by atoms with Crippen molar-refractivity contribution in [2.45, 2.75) is 47.1 Å². The smallest absolute Gasteiger partial charge is 0.343 e. The zero-order chi connectivity index (χ0) is 27.2. The number of hydrogen-bond acceptors (Lipinski definition) is 5. The molecular formula is C33H35NO4. The molecule has 1 atom stereocenters. The minimum atomic E-state index is -0.693. The van der Waals surface area contributed by atoms with Crippen molar-refractivity contribution >= 4 is 11.9 Å². The fourth-order valence-corrected chi connectivity index (χ4v) is 4.80. The highest BCUT2D eigenvalue weighted by Gasteiger charge is 2.51. The van der Waals surface area contributed by atoms with Crippen molar-refractivity contribution in [1.82, 2.24) is 4.90 Å². The number of nitrogens with zero attached hydrogens (tertiary/aromatic N) is 1. The van der Waals surface area contributed by atoms with Crippen LogP contribution in [0, 0.1) is 10.8 Å². The maximum absolute atomic E-state index is 13.3. The zero-order valence-corrected chi connectivity index (χ0v) is 22.5. The molecule has 3 aromatic rings. The number of allylic oxidation sites excluding steroid dienone is 2. The lowest BCUT2D eigenvalue weighted by atomic mass is 9.62. The van der Waals surface area contributed by atoms with Crippen molar-refractivity contribution in [3.8, 4) is 0 Å². The molecule has 196 valence electrons. The SMILES string of the molecule is CCCC1(C)C(OC(=O)c2ccccc2)=CN(Cc2ccccc2)C=C(OC(=O)c2ccccc2)C1(C)C. The number of rotatable bonds is 8. The van der Waals surface area contributed by atoms with Gasteiger partial charge >= 0.3 is 11.9 Å². The summed E-state index contributed by atoms with van der Waals surface area (Å²) in [6, 6.07) is 28.0. The Bertz CT molecular complexity index is 1310. The van der Waals surface area contributed by atoms with Gasteiger partial charge < -0.3 is 14.4 Å². The molecule has 0 radical (unpaired) electrons. The molecule has 0 amide bonds. The maximum Gasteiger partial charge on any atom is 0.343 e. The van der Waals surface area contributed by atoms with Crippen LogP contribution in [0.15, 0.2) is 115 Å². The summed E-state index contributed by atoms with van der Waals surface area (Å²) < 4.78 is 12.3. The quantitative estimate of drug-likeness (QED) is 0.291. The van der Waals surface area contributed by atoms with Crippen molar-refractivity contribution < 1.29 is 19.1 Å². The number of ether oxygens (including phenoxy) is 2. The largest absolute Gasteiger partial charge is 0.425 e. The molecule has 0 bridgehead atoms. The van der Waals surface area contributed by atoms with E-state index in [0.29, 0.717) is 35.6 Å². The summed E-state index contributed by atoms with van der Waals surface area (Å²) in [5, 5.41) is 0. The lowest BCUT2D eigenvalue weighted by Crippen LogP contribution is -2.40. The number of carbonyl (C=O) groups excluding carboxylic acids is 2.